The number of hydrogen-bond donors (Lipinski definition) is 1. The number of carbonyl (C=O) groups is 1. The Hall–Kier alpha value is -0.810. The third-order valence-corrected chi connectivity index (χ3v) is 0.729. The maximum absolute atomic E-state index is 11.7. The first-order chi connectivity index (χ1) is 4.36. The van der Waals surface area contributed by atoms with Gasteiger partial charge in [-0.05, 0) is 0 Å². The fraction of sp³-hybridized carbons (Fsp3) is 0.750. The van der Waals surface area contributed by atoms with Gasteiger partial charge in [0.1, 0.15) is 0 Å². The molecule has 0 spiro atoms. The number of amides is 1. The molecule has 0 bridgehead atoms. The van der Waals surface area contributed by atoms with Crippen molar-refractivity contribution in [3.05, 3.63) is 0 Å². The molecule has 0 aliphatic rings. The lowest BCUT2D eigenvalue weighted by molar-refractivity contribution is -0.149. The molecule has 2 nitrogen and oxygen atoms in total. The van der Waals surface area contributed by atoms with Gasteiger partial charge in [0.25, 0.3) is 0 Å². The van der Waals surface area contributed by atoms with E-state index >= 15 is 0 Å². The quantitative estimate of drug-likeness (QED) is 0.607. The third-order valence-electron chi connectivity index (χ3n) is 0.729. The Labute approximate surface area is 54.0 Å². The molecule has 1 amide bonds. The molecular weight excluding hydrogens is 154 g/mol. The highest BCUT2D eigenvalue weighted by molar-refractivity contribution is 5.74. The summed E-state index contributed by atoms with van der Waals surface area (Å²) in [5.74, 6) is -5.73. The number of hydrogen-bond acceptors (Lipinski definition) is 1. The minimum absolute atomic E-state index is 1.44. The molecule has 0 aromatic rings. The van der Waals surface area contributed by atoms with Gasteiger partial charge in [0.05, 0.1) is 6.42 Å². The predicted molar refractivity (Wildman–Crippen MR) is 24.8 cm³/mol. The summed E-state index contributed by atoms with van der Waals surface area (Å²) in [6, 6.07) is 0. The van der Waals surface area contributed by atoms with E-state index < -0.39 is 24.7 Å². The van der Waals surface area contributed by atoms with Crippen molar-refractivity contribution in [2.75, 3.05) is 0 Å². The topological polar surface area (TPSA) is 43.1 Å². The average Bonchev–Trinajstić information content (AvgIpc) is 1.60. The second-order valence-electron chi connectivity index (χ2n) is 1.70. The standard InChI is InChI=1S/C4H5F4NO/c5-3(6)4(7,8)1-2(9)10/h3H,1H2,(H2,9,10). The highest BCUT2D eigenvalue weighted by Crippen LogP contribution is 2.25. The summed E-state index contributed by atoms with van der Waals surface area (Å²) in [4.78, 5) is 9.73. The highest BCUT2D eigenvalue weighted by Gasteiger charge is 2.42. The summed E-state index contributed by atoms with van der Waals surface area (Å²) >= 11 is 0. The van der Waals surface area contributed by atoms with Crippen molar-refractivity contribution >= 4 is 5.91 Å². The minimum atomic E-state index is -4.29. The van der Waals surface area contributed by atoms with Crippen molar-refractivity contribution in [2.24, 2.45) is 5.73 Å². The molecule has 6 heteroatoms. The van der Waals surface area contributed by atoms with Crippen LogP contribution >= 0.6 is 0 Å². The van der Waals surface area contributed by atoms with Gasteiger partial charge in [0.15, 0.2) is 0 Å². The Bertz CT molecular complexity index is 135. The Morgan fingerprint density at radius 1 is 1.50 bits per heavy atom. The number of halogens is 4. The lowest BCUT2D eigenvalue weighted by Crippen LogP contribution is -2.32. The van der Waals surface area contributed by atoms with Crippen LogP contribution in [0.25, 0.3) is 0 Å². The van der Waals surface area contributed by atoms with Gasteiger partial charge >= 0.3 is 12.3 Å². The fourth-order valence-corrected chi connectivity index (χ4v) is 0.309. The molecule has 0 fully saturated rings. The van der Waals surface area contributed by atoms with Crippen molar-refractivity contribution in [3.63, 3.8) is 0 Å². The van der Waals surface area contributed by atoms with Crippen LogP contribution in [0.4, 0.5) is 17.6 Å². The molecule has 0 radical (unpaired) electrons. The lowest BCUT2D eigenvalue weighted by Gasteiger charge is -2.11. The van der Waals surface area contributed by atoms with Gasteiger partial charge in [-0.2, -0.15) is 8.78 Å². The van der Waals surface area contributed by atoms with Gasteiger partial charge < -0.3 is 5.73 Å². The number of primary amides is 1. The summed E-state index contributed by atoms with van der Waals surface area (Å²) in [7, 11) is 0. The SMILES string of the molecule is NC(=O)CC(F)(F)C(F)F. The van der Waals surface area contributed by atoms with Crippen LogP contribution in [0.15, 0.2) is 0 Å². The molecule has 0 aromatic carbocycles. The molecule has 0 atom stereocenters. The van der Waals surface area contributed by atoms with Gasteiger partial charge in [-0.1, -0.05) is 0 Å². The first-order valence-electron chi connectivity index (χ1n) is 2.30. The Balaban J connectivity index is 3.99. The van der Waals surface area contributed by atoms with Gasteiger partial charge in [-0.25, -0.2) is 8.78 Å². The molecular formula is C4H5F4NO. The maximum Gasteiger partial charge on any atom is 0.316 e. The minimum Gasteiger partial charge on any atom is -0.369 e. The summed E-state index contributed by atoms with van der Waals surface area (Å²) in [6.07, 6.45) is -5.44. The van der Waals surface area contributed by atoms with E-state index in [2.05, 4.69) is 5.73 Å². The average molecular weight is 159 g/mol. The van der Waals surface area contributed by atoms with Crippen molar-refractivity contribution < 1.29 is 22.4 Å². The van der Waals surface area contributed by atoms with Crippen LogP contribution in [-0.4, -0.2) is 18.3 Å². The third kappa shape index (κ3) is 2.65. The van der Waals surface area contributed by atoms with E-state index in [0.29, 0.717) is 0 Å². The molecule has 0 heterocycles. The van der Waals surface area contributed by atoms with E-state index in [0.717, 1.165) is 0 Å². The van der Waals surface area contributed by atoms with Crippen LogP contribution in [-0.2, 0) is 4.79 Å². The van der Waals surface area contributed by atoms with Crippen LogP contribution in [0.5, 0.6) is 0 Å². The summed E-state index contributed by atoms with van der Waals surface area (Å²) in [5.41, 5.74) is 4.26. The number of alkyl halides is 4. The Morgan fingerprint density at radius 2 is 1.90 bits per heavy atom. The zero-order valence-corrected chi connectivity index (χ0v) is 4.78. The molecule has 0 rings (SSSR count). The second-order valence-corrected chi connectivity index (χ2v) is 1.70. The first-order valence-corrected chi connectivity index (χ1v) is 2.30. The Morgan fingerprint density at radius 3 is 2.00 bits per heavy atom. The van der Waals surface area contributed by atoms with E-state index in [1.165, 1.54) is 0 Å². The molecule has 2 N–H and O–H groups in total. The van der Waals surface area contributed by atoms with Crippen LogP contribution < -0.4 is 5.73 Å². The normalized spacial score (nSPS) is 12.1. The van der Waals surface area contributed by atoms with Crippen LogP contribution in [0.3, 0.4) is 0 Å². The van der Waals surface area contributed by atoms with Gasteiger partial charge in [0.2, 0.25) is 5.91 Å². The van der Waals surface area contributed by atoms with E-state index in [4.69, 9.17) is 0 Å². The van der Waals surface area contributed by atoms with Crippen molar-refractivity contribution in [3.8, 4) is 0 Å². The second kappa shape index (κ2) is 2.85. The predicted octanol–water partition coefficient (Wildman–Crippen LogP) is 0.762. The largest absolute Gasteiger partial charge is 0.369 e. The smallest absolute Gasteiger partial charge is 0.316 e. The maximum atomic E-state index is 11.7. The van der Waals surface area contributed by atoms with Gasteiger partial charge in [0, 0.05) is 0 Å². The van der Waals surface area contributed by atoms with Crippen molar-refractivity contribution in [2.45, 2.75) is 18.8 Å². The molecule has 10 heavy (non-hydrogen) atoms. The lowest BCUT2D eigenvalue weighted by atomic mass is 10.2. The van der Waals surface area contributed by atoms with E-state index in [1.807, 2.05) is 0 Å². The number of carbonyl (C=O) groups excluding carboxylic acids is 1. The van der Waals surface area contributed by atoms with Crippen LogP contribution in [0.1, 0.15) is 6.42 Å². The Kier molecular flexibility index (Phi) is 2.62. The van der Waals surface area contributed by atoms with E-state index in [-0.39, 0.29) is 0 Å². The fourth-order valence-electron chi connectivity index (χ4n) is 0.309. The molecule has 60 valence electrons. The molecule has 0 saturated carbocycles. The van der Waals surface area contributed by atoms with Crippen molar-refractivity contribution in [1.29, 1.82) is 0 Å². The summed E-state index contributed by atoms with van der Waals surface area (Å²) < 4.78 is 45.9. The molecule has 0 saturated heterocycles. The number of nitrogens with two attached hydrogens (primary N) is 1. The first kappa shape index (κ1) is 9.19. The van der Waals surface area contributed by atoms with E-state index in [9.17, 15) is 22.4 Å². The van der Waals surface area contributed by atoms with Crippen molar-refractivity contribution in [1.82, 2.24) is 0 Å². The molecule has 0 aliphatic heterocycles. The molecule has 0 aliphatic carbocycles. The van der Waals surface area contributed by atoms with Crippen LogP contribution in [0, 0.1) is 0 Å². The molecule has 0 aromatic heterocycles. The summed E-state index contributed by atoms with van der Waals surface area (Å²) in [6.45, 7) is 0. The highest BCUT2D eigenvalue weighted by atomic mass is 19.3. The van der Waals surface area contributed by atoms with Gasteiger partial charge in [-0.15, -0.1) is 0 Å². The van der Waals surface area contributed by atoms with E-state index in [1.54, 1.807) is 0 Å². The van der Waals surface area contributed by atoms with Gasteiger partial charge in [-0.3, -0.25) is 4.79 Å². The molecule has 0 unspecified atom stereocenters. The monoisotopic (exact) mass is 159 g/mol. The summed E-state index contributed by atoms with van der Waals surface area (Å²) in [5, 5.41) is 0. The zero-order chi connectivity index (χ0) is 8.36. The number of rotatable bonds is 3. The zero-order valence-electron chi connectivity index (χ0n) is 4.78. The van der Waals surface area contributed by atoms with Crippen LogP contribution in [0.2, 0.25) is 0 Å².